The van der Waals surface area contributed by atoms with Crippen molar-refractivity contribution in [1.82, 2.24) is 4.98 Å². The van der Waals surface area contributed by atoms with E-state index >= 15 is 0 Å². The Morgan fingerprint density at radius 2 is 2.11 bits per heavy atom. The predicted molar refractivity (Wildman–Crippen MR) is 79.7 cm³/mol. The molecule has 0 saturated heterocycles. The summed E-state index contributed by atoms with van der Waals surface area (Å²) in [6.07, 6.45) is 0.785. The quantitative estimate of drug-likeness (QED) is 0.799. The van der Waals surface area contributed by atoms with Crippen molar-refractivity contribution in [3.63, 3.8) is 0 Å². The molecule has 1 atom stereocenters. The van der Waals surface area contributed by atoms with Gasteiger partial charge in [0.05, 0.1) is 10.7 Å². The van der Waals surface area contributed by atoms with E-state index in [0.29, 0.717) is 15.7 Å². The van der Waals surface area contributed by atoms with Gasteiger partial charge in [-0.05, 0) is 49.6 Å². The van der Waals surface area contributed by atoms with Gasteiger partial charge < -0.3 is 5.11 Å². The zero-order chi connectivity index (χ0) is 14.0. The minimum Gasteiger partial charge on any atom is -0.386 e. The van der Waals surface area contributed by atoms with Gasteiger partial charge in [0, 0.05) is 21.6 Å². The fourth-order valence-corrected chi connectivity index (χ4v) is 3.13. The molecule has 0 spiro atoms. The van der Waals surface area contributed by atoms with Crippen LogP contribution in [-0.4, -0.2) is 10.1 Å². The van der Waals surface area contributed by atoms with Crippen molar-refractivity contribution in [3.8, 4) is 0 Å². The van der Waals surface area contributed by atoms with Crippen molar-refractivity contribution in [2.24, 2.45) is 0 Å². The highest BCUT2D eigenvalue weighted by Crippen LogP contribution is 2.28. The lowest BCUT2D eigenvalue weighted by Crippen LogP contribution is -2.06. The molecule has 2 rings (SSSR count). The molecule has 0 saturated carbocycles. The minimum absolute atomic E-state index is 0.0486. The van der Waals surface area contributed by atoms with Crippen LogP contribution < -0.4 is 0 Å². The van der Waals surface area contributed by atoms with E-state index in [1.165, 1.54) is 6.07 Å². The molecule has 19 heavy (non-hydrogen) atoms. The van der Waals surface area contributed by atoms with Crippen molar-refractivity contribution in [2.45, 2.75) is 12.5 Å². The number of hydrogen-bond donors (Lipinski definition) is 1. The molecule has 2 aromatic rings. The Kier molecular flexibility index (Phi) is 4.95. The summed E-state index contributed by atoms with van der Waals surface area (Å²) in [6, 6.07) is 6.50. The van der Waals surface area contributed by atoms with Crippen LogP contribution in [-0.2, 0) is 6.42 Å². The van der Waals surface area contributed by atoms with Crippen molar-refractivity contribution in [3.05, 3.63) is 61.5 Å². The third kappa shape index (κ3) is 3.54. The maximum atomic E-state index is 13.8. The number of aliphatic hydroxyl groups excluding tert-OH is 1. The number of hydrogen-bond acceptors (Lipinski definition) is 2. The summed E-state index contributed by atoms with van der Waals surface area (Å²) in [6.45, 7) is 0. The SMILES string of the molecule is OC(Cc1cccc(Cl)c1F)c1ncc(Br)cc1Br. The largest absolute Gasteiger partial charge is 0.386 e. The Morgan fingerprint density at radius 3 is 2.79 bits per heavy atom. The van der Waals surface area contributed by atoms with Crippen LogP contribution in [0.25, 0.3) is 0 Å². The van der Waals surface area contributed by atoms with Gasteiger partial charge in [0.2, 0.25) is 0 Å². The molecular formula is C13H9Br2ClFNO. The molecule has 0 radical (unpaired) electrons. The normalized spacial score (nSPS) is 12.5. The maximum Gasteiger partial charge on any atom is 0.145 e. The highest BCUT2D eigenvalue weighted by molar-refractivity contribution is 9.11. The fraction of sp³-hybridized carbons (Fsp3) is 0.154. The second-order valence-electron chi connectivity index (χ2n) is 3.95. The molecule has 100 valence electrons. The highest BCUT2D eigenvalue weighted by atomic mass is 79.9. The van der Waals surface area contributed by atoms with Gasteiger partial charge >= 0.3 is 0 Å². The van der Waals surface area contributed by atoms with E-state index in [2.05, 4.69) is 36.8 Å². The van der Waals surface area contributed by atoms with Gasteiger partial charge in [-0.25, -0.2) is 4.39 Å². The van der Waals surface area contributed by atoms with Gasteiger partial charge in [0.15, 0.2) is 0 Å². The highest BCUT2D eigenvalue weighted by Gasteiger charge is 2.17. The van der Waals surface area contributed by atoms with Crippen LogP contribution >= 0.6 is 43.5 Å². The van der Waals surface area contributed by atoms with E-state index in [0.717, 1.165) is 4.47 Å². The summed E-state index contributed by atoms with van der Waals surface area (Å²) in [5, 5.41) is 10.2. The smallest absolute Gasteiger partial charge is 0.145 e. The van der Waals surface area contributed by atoms with E-state index < -0.39 is 11.9 Å². The maximum absolute atomic E-state index is 13.8. The number of nitrogens with zero attached hydrogens (tertiary/aromatic N) is 1. The van der Waals surface area contributed by atoms with Gasteiger partial charge in [-0.3, -0.25) is 4.98 Å². The third-order valence-electron chi connectivity index (χ3n) is 2.60. The van der Waals surface area contributed by atoms with Gasteiger partial charge in [0.25, 0.3) is 0 Å². The van der Waals surface area contributed by atoms with Crippen molar-refractivity contribution in [1.29, 1.82) is 0 Å². The van der Waals surface area contributed by atoms with Crippen LogP contribution in [0.2, 0.25) is 5.02 Å². The first-order chi connectivity index (χ1) is 8.99. The summed E-state index contributed by atoms with van der Waals surface area (Å²) in [7, 11) is 0. The van der Waals surface area contributed by atoms with Crippen molar-refractivity contribution in [2.75, 3.05) is 0 Å². The van der Waals surface area contributed by atoms with Gasteiger partial charge in [0.1, 0.15) is 11.9 Å². The molecule has 1 aromatic carbocycles. The first kappa shape index (κ1) is 14.9. The molecule has 0 aliphatic rings. The molecular weight excluding hydrogens is 400 g/mol. The van der Waals surface area contributed by atoms with Crippen LogP contribution in [0.5, 0.6) is 0 Å². The fourth-order valence-electron chi connectivity index (χ4n) is 1.68. The molecule has 0 bridgehead atoms. The molecule has 1 aromatic heterocycles. The Hall–Kier alpha value is -0.490. The van der Waals surface area contributed by atoms with Crippen LogP contribution in [0, 0.1) is 5.82 Å². The molecule has 0 aliphatic carbocycles. The Bertz CT molecular complexity index is 609. The second-order valence-corrected chi connectivity index (χ2v) is 6.13. The first-order valence-electron chi connectivity index (χ1n) is 5.41. The molecule has 2 nitrogen and oxygen atoms in total. The average molecular weight is 409 g/mol. The van der Waals surface area contributed by atoms with E-state index in [1.54, 1.807) is 24.4 Å². The molecule has 1 heterocycles. The standard InChI is InChI=1S/C13H9Br2ClFNO/c14-8-5-9(15)13(18-6-8)11(19)4-7-2-1-3-10(16)12(7)17/h1-3,5-6,11,19H,4H2. The number of aromatic nitrogens is 1. The Balaban J connectivity index is 2.25. The van der Waals surface area contributed by atoms with E-state index in [4.69, 9.17) is 11.6 Å². The lowest BCUT2D eigenvalue weighted by Gasteiger charge is -2.13. The zero-order valence-electron chi connectivity index (χ0n) is 9.58. The number of rotatable bonds is 3. The van der Waals surface area contributed by atoms with Crippen LogP contribution in [0.3, 0.4) is 0 Å². The zero-order valence-corrected chi connectivity index (χ0v) is 13.5. The topological polar surface area (TPSA) is 33.1 Å². The minimum atomic E-state index is -0.907. The predicted octanol–water partition coefficient (Wildman–Crippen LogP) is 4.68. The third-order valence-corrected chi connectivity index (χ3v) is 3.96. The van der Waals surface area contributed by atoms with Crippen LogP contribution in [0.1, 0.15) is 17.4 Å². The molecule has 0 fully saturated rings. The molecule has 6 heteroatoms. The lowest BCUT2D eigenvalue weighted by atomic mass is 10.0. The summed E-state index contributed by atoms with van der Waals surface area (Å²) in [4.78, 5) is 4.13. The van der Waals surface area contributed by atoms with Crippen LogP contribution in [0.4, 0.5) is 4.39 Å². The van der Waals surface area contributed by atoms with E-state index in [1.807, 2.05) is 0 Å². The summed E-state index contributed by atoms with van der Waals surface area (Å²) in [5.41, 5.74) is 0.819. The Labute approximate surface area is 131 Å². The van der Waals surface area contributed by atoms with Crippen molar-refractivity contribution >= 4 is 43.5 Å². The van der Waals surface area contributed by atoms with Gasteiger partial charge in [-0.1, -0.05) is 23.7 Å². The van der Waals surface area contributed by atoms with Gasteiger partial charge in [-0.15, -0.1) is 0 Å². The molecule has 1 N–H and O–H groups in total. The number of halogens is 4. The van der Waals surface area contributed by atoms with Gasteiger partial charge in [-0.2, -0.15) is 0 Å². The van der Waals surface area contributed by atoms with Crippen LogP contribution in [0.15, 0.2) is 39.4 Å². The molecule has 0 amide bonds. The summed E-state index contributed by atoms with van der Waals surface area (Å²) < 4.78 is 15.2. The monoisotopic (exact) mass is 407 g/mol. The molecule has 1 unspecified atom stereocenters. The van der Waals surface area contributed by atoms with Crippen molar-refractivity contribution < 1.29 is 9.50 Å². The number of benzene rings is 1. The van der Waals surface area contributed by atoms with E-state index in [9.17, 15) is 9.50 Å². The van der Waals surface area contributed by atoms with E-state index in [-0.39, 0.29) is 11.4 Å². The molecule has 0 aliphatic heterocycles. The summed E-state index contributed by atoms with van der Waals surface area (Å²) >= 11 is 12.3. The average Bonchev–Trinajstić information content (AvgIpc) is 2.34. The first-order valence-corrected chi connectivity index (χ1v) is 7.37. The second kappa shape index (κ2) is 6.31. The summed E-state index contributed by atoms with van der Waals surface area (Å²) in [5.74, 6) is -0.503. The Morgan fingerprint density at radius 1 is 1.37 bits per heavy atom. The lowest BCUT2D eigenvalue weighted by molar-refractivity contribution is 0.171. The number of pyridine rings is 1. The number of aliphatic hydroxyl groups is 1.